The van der Waals surface area contributed by atoms with E-state index in [1.807, 2.05) is 0 Å². The lowest BCUT2D eigenvalue weighted by molar-refractivity contribution is -0.165. The Kier molecular flexibility index (Phi) is 4.99. The second-order valence-corrected chi connectivity index (χ2v) is 12.6. The predicted octanol–water partition coefficient (Wildman–Crippen LogP) is 2.70. The van der Waals surface area contributed by atoms with Crippen molar-refractivity contribution in [3.8, 4) is 0 Å². The first-order valence-electron chi connectivity index (χ1n) is 9.56. The minimum Gasteiger partial charge on any atom is -0.405 e. The zero-order valence-corrected chi connectivity index (χ0v) is 17.4. The van der Waals surface area contributed by atoms with Gasteiger partial charge < -0.3 is 18.6 Å². The molecule has 4 atom stereocenters. The third-order valence-electron chi connectivity index (χ3n) is 5.62. The number of rotatable bonds is 6. The van der Waals surface area contributed by atoms with Crippen LogP contribution in [0.15, 0.2) is 60.7 Å². The van der Waals surface area contributed by atoms with Gasteiger partial charge in [0.05, 0.1) is 6.61 Å². The lowest BCUT2D eigenvalue weighted by Crippen LogP contribution is -2.67. The smallest absolute Gasteiger partial charge is 0.261 e. The fourth-order valence-electron chi connectivity index (χ4n) is 4.27. The van der Waals surface area contributed by atoms with E-state index >= 15 is 0 Å². The van der Waals surface area contributed by atoms with Crippen LogP contribution in [-0.2, 0) is 18.6 Å². The Labute approximate surface area is 162 Å². The molecule has 2 aliphatic heterocycles. The first-order valence-corrected chi connectivity index (χ1v) is 11.5. The number of epoxide rings is 1. The molecule has 0 amide bonds. The SMILES string of the molecule is COC1O[C@H](CO[Si](c2ccccc2)(c2ccccc2)C(C)(C)C)[C@@H]2OC12. The van der Waals surface area contributed by atoms with Gasteiger partial charge in [0.15, 0.2) is 6.29 Å². The molecule has 144 valence electrons. The van der Waals surface area contributed by atoms with E-state index in [9.17, 15) is 0 Å². The maximum Gasteiger partial charge on any atom is 0.261 e. The molecule has 2 aromatic rings. The summed E-state index contributed by atoms with van der Waals surface area (Å²) < 4.78 is 24.0. The highest BCUT2D eigenvalue weighted by atomic mass is 28.4. The molecular weight excluding hydrogens is 356 g/mol. The van der Waals surface area contributed by atoms with E-state index in [1.165, 1.54) is 10.4 Å². The number of hydrogen-bond donors (Lipinski definition) is 0. The van der Waals surface area contributed by atoms with Crippen molar-refractivity contribution >= 4 is 18.7 Å². The topological polar surface area (TPSA) is 40.2 Å². The Morgan fingerprint density at radius 1 is 0.852 bits per heavy atom. The van der Waals surface area contributed by atoms with E-state index in [-0.39, 0.29) is 29.6 Å². The molecule has 2 heterocycles. The summed E-state index contributed by atoms with van der Waals surface area (Å²) in [4.78, 5) is 0. The summed E-state index contributed by atoms with van der Waals surface area (Å²) in [5.41, 5.74) is 0. The van der Waals surface area contributed by atoms with Gasteiger partial charge in [-0.1, -0.05) is 81.4 Å². The fourth-order valence-corrected chi connectivity index (χ4v) is 8.84. The van der Waals surface area contributed by atoms with Crippen molar-refractivity contribution in [2.24, 2.45) is 0 Å². The zero-order chi connectivity index (χ0) is 19.1. The van der Waals surface area contributed by atoms with Crippen LogP contribution in [0.3, 0.4) is 0 Å². The van der Waals surface area contributed by atoms with Crippen molar-refractivity contribution in [3.63, 3.8) is 0 Å². The summed E-state index contributed by atoms with van der Waals surface area (Å²) in [6, 6.07) is 21.3. The zero-order valence-electron chi connectivity index (χ0n) is 16.4. The second kappa shape index (κ2) is 7.15. The minimum absolute atomic E-state index is 0.0429. The molecule has 2 unspecified atom stereocenters. The van der Waals surface area contributed by atoms with Crippen LogP contribution in [-0.4, -0.2) is 46.6 Å². The van der Waals surface area contributed by atoms with Gasteiger partial charge in [0, 0.05) is 7.11 Å². The van der Waals surface area contributed by atoms with Crippen molar-refractivity contribution in [1.29, 1.82) is 0 Å². The molecule has 2 aliphatic rings. The van der Waals surface area contributed by atoms with Crippen LogP contribution in [0.25, 0.3) is 0 Å². The van der Waals surface area contributed by atoms with Gasteiger partial charge in [-0.2, -0.15) is 0 Å². The maximum atomic E-state index is 6.92. The van der Waals surface area contributed by atoms with Crippen molar-refractivity contribution in [3.05, 3.63) is 60.7 Å². The van der Waals surface area contributed by atoms with Crippen LogP contribution in [0.5, 0.6) is 0 Å². The molecule has 2 fully saturated rings. The number of hydrogen-bond acceptors (Lipinski definition) is 4. The van der Waals surface area contributed by atoms with Gasteiger partial charge in [-0.05, 0) is 15.4 Å². The molecule has 5 heteroatoms. The molecule has 4 rings (SSSR count). The summed E-state index contributed by atoms with van der Waals surface area (Å²) in [5, 5.41) is 2.51. The van der Waals surface area contributed by atoms with Crippen molar-refractivity contribution in [2.45, 2.75) is 50.4 Å². The largest absolute Gasteiger partial charge is 0.405 e. The van der Waals surface area contributed by atoms with E-state index in [4.69, 9.17) is 18.6 Å². The molecule has 2 saturated heterocycles. The third kappa shape index (κ3) is 3.28. The number of methoxy groups -OCH3 is 1. The van der Waals surface area contributed by atoms with E-state index in [0.29, 0.717) is 6.61 Å². The Bertz CT molecular complexity index is 719. The highest BCUT2D eigenvalue weighted by Crippen LogP contribution is 2.41. The molecule has 0 aliphatic carbocycles. The van der Waals surface area contributed by atoms with Crippen LogP contribution in [0.2, 0.25) is 5.04 Å². The van der Waals surface area contributed by atoms with Crippen LogP contribution in [0.4, 0.5) is 0 Å². The molecule has 2 aromatic carbocycles. The Hall–Kier alpha value is -1.50. The summed E-state index contributed by atoms with van der Waals surface area (Å²) in [6.45, 7) is 7.35. The fraction of sp³-hybridized carbons (Fsp3) is 0.455. The van der Waals surface area contributed by atoms with Gasteiger partial charge in [-0.25, -0.2) is 0 Å². The van der Waals surface area contributed by atoms with Gasteiger partial charge in [0.2, 0.25) is 0 Å². The highest BCUT2D eigenvalue weighted by Gasteiger charge is 2.60. The standard InChI is InChI=1S/C22H28O4Si/c1-22(2,3)27(16-11-7-5-8-12-16,17-13-9-6-10-14-17)24-15-18-19-20(26-19)21(23-4)25-18/h5-14,18-21H,15H2,1-4H3/t18-,19+,20?,21?/m1/s1. The predicted molar refractivity (Wildman–Crippen MR) is 108 cm³/mol. The number of benzene rings is 2. The Balaban J connectivity index is 1.70. The van der Waals surface area contributed by atoms with Crippen molar-refractivity contribution in [1.82, 2.24) is 0 Å². The average Bonchev–Trinajstić information content (AvgIpc) is 3.39. The number of fused-ring (bicyclic) bond motifs is 1. The number of ether oxygens (including phenoxy) is 3. The summed E-state index contributed by atoms with van der Waals surface area (Å²) in [5.74, 6) is 0. The minimum atomic E-state index is -2.54. The average molecular weight is 385 g/mol. The van der Waals surface area contributed by atoms with Gasteiger partial charge in [-0.15, -0.1) is 0 Å². The van der Waals surface area contributed by atoms with Crippen LogP contribution >= 0.6 is 0 Å². The van der Waals surface area contributed by atoms with Crippen LogP contribution < -0.4 is 10.4 Å². The molecule has 0 aromatic heterocycles. The van der Waals surface area contributed by atoms with Gasteiger partial charge in [0.1, 0.15) is 18.3 Å². The molecule has 0 saturated carbocycles. The van der Waals surface area contributed by atoms with Crippen molar-refractivity contribution in [2.75, 3.05) is 13.7 Å². The Morgan fingerprint density at radius 3 is 1.85 bits per heavy atom. The van der Waals surface area contributed by atoms with E-state index < -0.39 is 8.32 Å². The molecule has 0 radical (unpaired) electrons. The quantitative estimate of drug-likeness (QED) is 0.567. The molecule has 4 nitrogen and oxygen atoms in total. The van der Waals surface area contributed by atoms with Crippen molar-refractivity contribution < 1.29 is 18.6 Å². The maximum absolute atomic E-state index is 6.92. The van der Waals surface area contributed by atoms with Gasteiger partial charge in [0.25, 0.3) is 8.32 Å². The van der Waals surface area contributed by atoms with Crippen LogP contribution in [0.1, 0.15) is 20.8 Å². The first kappa shape index (κ1) is 18.8. The summed E-state index contributed by atoms with van der Waals surface area (Å²) in [7, 11) is -0.875. The normalized spacial score (nSPS) is 27.4. The lowest BCUT2D eigenvalue weighted by Gasteiger charge is -2.43. The van der Waals surface area contributed by atoms with E-state index in [2.05, 4.69) is 81.4 Å². The molecule has 0 N–H and O–H groups in total. The Morgan fingerprint density at radius 2 is 1.41 bits per heavy atom. The second-order valence-electron chi connectivity index (χ2n) is 8.32. The first-order chi connectivity index (χ1) is 13.0. The molecule has 0 spiro atoms. The molecule has 27 heavy (non-hydrogen) atoms. The summed E-state index contributed by atoms with van der Waals surface area (Å²) in [6.07, 6.45) is -0.208. The summed E-state index contributed by atoms with van der Waals surface area (Å²) >= 11 is 0. The van der Waals surface area contributed by atoms with Gasteiger partial charge in [-0.3, -0.25) is 0 Å². The monoisotopic (exact) mass is 384 g/mol. The molecular formula is C22H28O4Si. The highest BCUT2D eigenvalue weighted by molar-refractivity contribution is 6.99. The van der Waals surface area contributed by atoms with Crippen LogP contribution in [0, 0.1) is 0 Å². The van der Waals surface area contributed by atoms with E-state index in [1.54, 1.807) is 7.11 Å². The lowest BCUT2D eigenvalue weighted by atomic mass is 10.2. The van der Waals surface area contributed by atoms with Gasteiger partial charge >= 0.3 is 0 Å². The van der Waals surface area contributed by atoms with E-state index in [0.717, 1.165) is 0 Å². The third-order valence-corrected chi connectivity index (χ3v) is 10.6. The molecule has 0 bridgehead atoms.